The maximum Gasteiger partial charge on any atom is 0.228 e. The Labute approximate surface area is 108 Å². The molecule has 98 valence electrons. The van der Waals surface area contributed by atoms with Gasteiger partial charge in [0.1, 0.15) is 0 Å². The molecule has 1 heterocycles. The Bertz CT molecular complexity index is 333. The van der Waals surface area contributed by atoms with Crippen molar-refractivity contribution in [2.24, 2.45) is 5.73 Å². The van der Waals surface area contributed by atoms with Gasteiger partial charge in [-0.05, 0) is 6.42 Å². The highest BCUT2D eigenvalue weighted by atomic mass is 32.2. The molecule has 0 aliphatic carbocycles. The molecule has 0 saturated heterocycles. The Hall–Kier alpha value is -0.550. The van der Waals surface area contributed by atoms with Gasteiger partial charge in [0.25, 0.3) is 0 Å². The number of nitrogens with zero attached hydrogens (tertiary/aromatic N) is 2. The maximum atomic E-state index is 5.94. The predicted octanol–water partition coefficient (Wildman–Crippen LogP) is 2.77. The number of nitrogens with two attached hydrogens (primary N) is 1. The van der Waals surface area contributed by atoms with Gasteiger partial charge in [0.05, 0.1) is 5.75 Å². The van der Waals surface area contributed by atoms with E-state index in [1.165, 1.54) is 0 Å². The molecule has 0 spiro atoms. The second kappa shape index (κ2) is 6.40. The molecule has 0 amide bonds. The first kappa shape index (κ1) is 14.5. The van der Waals surface area contributed by atoms with Gasteiger partial charge >= 0.3 is 0 Å². The van der Waals surface area contributed by atoms with Crippen LogP contribution in [-0.2, 0) is 12.2 Å². The van der Waals surface area contributed by atoms with Gasteiger partial charge in [-0.1, -0.05) is 39.3 Å². The van der Waals surface area contributed by atoms with E-state index >= 15 is 0 Å². The minimum Gasteiger partial charge on any atom is -0.339 e. The monoisotopic (exact) mass is 257 g/mol. The second-order valence-corrected chi connectivity index (χ2v) is 7.06. The minimum absolute atomic E-state index is 0.128. The number of hydrogen-bond acceptors (Lipinski definition) is 5. The molecule has 2 N–H and O–H groups in total. The third-order valence-electron chi connectivity index (χ3n) is 2.24. The Morgan fingerprint density at radius 2 is 2.12 bits per heavy atom. The van der Waals surface area contributed by atoms with Crippen molar-refractivity contribution >= 4 is 11.8 Å². The molecule has 5 heteroatoms. The number of hydrogen-bond donors (Lipinski definition) is 1. The first-order chi connectivity index (χ1) is 7.90. The fraction of sp³-hybridized carbons (Fsp3) is 0.833. The lowest BCUT2D eigenvalue weighted by Crippen LogP contribution is -2.22. The van der Waals surface area contributed by atoms with Gasteiger partial charge in [0.15, 0.2) is 5.82 Å². The second-order valence-electron chi connectivity index (χ2n) is 5.26. The topological polar surface area (TPSA) is 64.9 Å². The largest absolute Gasteiger partial charge is 0.339 e. The van der Waals surface area contributed by atoms with Crippen LogP contribution in [0.3, 0.4) is 0 Å². The molecular weight excluding hydrogens is 234 g/mol. The van der Waals surface area contributed by atoms with Crippen LogP contribution in [0.15, 0.2) is 4.52 Å². The van der Waals surface area contributed by atoms with E-state index in [0.717, 1.165) is 24.4 Å². The summed E-state index contributed by atoms with van der Waals surface area (Å²) in [6.45, 7) is 8.65. The van der Waals surface area contributed by atoms with Gasteiger partial charge in [-0.3, -0.25) is 0 Å². The summed E-state index contributed by atoms with van der Waals surface area (Å²) >= 11 is 1.81. The number of thioether (sulfide) groups is 1. The normalized spacial score (nSPS) is 13.9. The summed E-state index contributed by atoms with van der Waals surface area (Å²) in [6, 6.07) is 0.128. The summed E-state index contributed by atoms with van der Waals surface area (Å²) in [5, 5.41) is 3.97. The third-order valence-corrected chi connectivity index (χ3v) is 3.51. The lowest BCUT2D eigenvalue weighted by Gasteiger charge is -2.15. The zero-order valence-corrected chi connectivity index (χ0v) is 12.0. The van der Waals surface area contributed by atoms with Gasteiger partial charge in [0, 0.05) is 17.2 Å². The summed E-state index contributed by atoms with van der Waals surface area (Å²) in [4.78, 5) is 4.36. The fourth-order valence-electron chi connectivity index (χ4n) is 1.41. The van der Waals surface area contributed by atoms with Crippen molar-refractivity contribution in [1.29, 1.82) is 0 Å². The van der Waals surface area contributed by atoms with E-state index in [4.69, 9.17) is 10.3 Å². The van der Waals surface area contributed by atoms with E-state index in [1.807, 2.05) is 11.8 Å². The molecule has 0 aromatic carbocycles. The van der Waals surface area contributed by atoms with Gasteiger partial charge < -0.3 is 10.3 Å². The summed E-state index contributed by atoms with van der Waals surface area (Å²) in [6.07, 6.45) is 2.76. The molecule has 4 nitrogen and oxygen atoms in total. The summed E-state index contributed by atoms with van der Waals surface area (Å²) in [5.41, 5.74) is 5.94. The van der Waals surface area contributed by atoms with Crippen molar-refractivity contribution in [2.45, 2.75) is 63.5 Å². The molecule has 1 unspecified atom stereocenters. The SMILES string of the molecule is CCCC(N)Cc1nc(CSC(C)(C)C)no1. The van der Waals surface area contributed by atoms with Crippen molar-refractivity contribution in [2.75, 3.05) is 0 Å². The Morgan fingerprint density at radius 1 is 1.41 bits per heavy atom. The van der Waals surface area contributed by atoms with Crippen LogP contribution in [0.1, 0.15) is 52.3 Å². The van der Waals surface area contributed by atoms with Gasteiger partial charge in [-0.25, -0.2) is 0 Å². The fourth-order valence-corrected chi connectivity index (χ4v) is 2.09. The lowest BCUT2D eigenvalue weighted by atomic mass is 10.1. The molecule has 1 aromatic heterocycles. The van der Waals surface area contributed by atoms with E-state index in [9.17, 15) is 0 Å². The van der Waals surface area contributed by atoms with E-state index in [0.29, 0.717) is 12.3 Å². The maximum absolute atomic E-state index is 5.94. The van der Waals surface area contributed by atoms with Gasteiger partial charge in [0.2, 0.25) is 5.89 Å². The number of aromatic nitrogens is 2. The van der Waals surface area contributed by atoms with Crippen LogP contribution in [0.25, 0.3) is 0 Å². The van der Waals surface area contributed by atoms with Gasteiger partial charge in [-0.2, -0.15) is 4.98 Å². The molecule has 0 aliphatic rings. The van der Waals surface area contributed by atoms with Crippen LogP contribution in [0.5, 0.6) is 0 Å². The number of rotatable bonds is 6. The molecular formula is C12H23N3OS. The Morgan fingerprint density at radius 3 is 2.71 bits per heavy atom. The van der Waals surface area contributed by atoms with Crippen LogP contribution >= 0.6 is 11.8 Å². The van der Waals surface area contributed by atoms with Crippen molar-refractivity contribution < 1.29 is 4.52 Å². The quantitative estimate of drug-likeness (QED) is 0.849. The Balaban J connectivity index is 2.42. The average Bonchev–Trinajstić information content (AvgIpc) is 2.62. The van der Waals surface area contributed by atoms with Crippen LogP contribution < -0.4 is 5.73 Å². The van der Waals surface area contributed by atoms with E-state index in [-0.39, 0.29) is 10.8 Å². The summed E-state index contributed by atoms with van der Waals surface area (Å²) in [5.74, 6) is 2.22. The zero-order valence-electron chi connectivity index (χ0n) is 11.2. The van der Waals surface area contributed by atoms with E-state index in [1.54, 1.807) is 0 Å². The van der Waals surface area contributed by atoms with Crippen molar-refractivity contribution in [3.8, 4) is 0 Å². The molecule has 0 radical (unpaired) electrons. The smallest absolute Gasteiger partial charge is 0.228 e. The predicted molar refractivity (Wildman–Crippen MR) is 71.9 cm³/mol. The van der Waals surface area contributed by atoms with E-state index < -0.39 is 0 Å². The van der Waals surface area contributed by atoms with Crippen molar-refractivity contribution in [1.82, 2.24) is 10.1 Å². The van der Waals surface area contributed by atoms with Crippen molar-refractivity contribution in [3.05, 3.63) is 11.7 Å². The van der Waals surface area contributed by atoms with Crippen LogP contribution in [0.2, 0.25) is 0 Å². The first-order valence-electron chi connectivity index (χ1n) is 6.11. The van der Waals surface area contributed by atoms with Crippen LogP contribution in [0, 0.1) is 0 Å². The molecule has 1 atom stereocenters. The molecule has 0 fully saturated rings. The standard InChI is InChI=1S/C12H23N3OS/c1-5-6-9(13)7-11-14-10(15-16-11)8-17-12(2,3)4/h9H,5-8,13H2,1-4H3. The highest BCUT2D eigenvalue weighted by Crippen LogP contribution is 2.26. The molecule has 1 rings (SSSR count). The first-order valence-corrected chi connectivity index (χ1v) is 7.10. The highest BCUT2D eigenvalue weighted by molar-refractivity contribution is 7.99. The molecule has 0 saturated carbocycles. The van der Waals surface area contributed by atoms with Crippen molar-refractivity contribution in [3.63, 3.8) is 0 Å². The molecule has 0 aliphatic heterocycles. The molecule has 0 bridgehead atoms. The lowest BCUT2D eigenvalue weighted by molar-refractivity contribution is 0.362. The van der Waals surface area contributed by atoms with Gasteiger partial charge in [-0.15, -0.1) is 11.8 Å². The summed E-state index contributed by atoms with van der Waals surface area (Å²) in [7, 11) is 0. The van der Waals surface area contributed by atoms with Crippen LogP contribution in [-0.4, -0.2) is 20.9 Å². The van der Waals surface area contributed by atoms with E-state index in [2.05, 4.69) is 37.8 Å². The average molecular weight is 257 g/mol. The minimum atomic E-state index is 0.128. The summed E-state index contributed by atoms with van der Waals surface area (Å²) < 4.78 is 5.41. The molecule has 1 aromatic rings. The Kier molecular flexibility index (Phi) is 5.46. The third kappa shape index (κ3) is 6.07. The molecule has 17 heavy (non-hydrogen) atoms. The van der Waals surface area contributed by atoms with Crippen LogP contribution in [0.4, 0.5) is 0 Å². The highest BCUT2D eigenvalue weighted by Gasteiger charge is 2.14. The zero-order chi connectivity index (χ0) is 12.9.